The van der Waals surface area contributed by atoms with Crippen LogP contribution in [0.1, 0.15) is 73.1 Å². The van der Waals surface area contributed by atoms with Gasteiger partial charge in [0, 0.05) is 19.3 Å². The zero-order chi connectivity index (χ0) is 20.0. The van der Waals surface area contributed by atoms with Crippen molar-refractivity contribution in [1.29, 1.82) is 0 Å². The van der Waals surface area contributed by atoms with Gasteiger partial charge in [0.1, 0.15) is 18.0 Å². The minimum atomic E-state index is -0.654. The van der Waals surface area contributed by atoms with Crippen molar-refractivity contribution in [3.8, 4) is 0 Å². The molecule has 0 amide bonds. The molecule has 3 rings (SSSR count). The van der Waals surface area contributed by atoms with Gasteiger partial charge in [0.2, 0.25) is 5.78 Å². The minimum Gasteiger partial charge on any atom is -0.491 e. The van der Waals surface area contributed by atoms with Crippen LogP contribution in [0.15, 0.2) is 11.3 Å². The number of fused-ring (bicyclic) bond motifs is 3. The van der Waals surface area contributed by atoms with Crippen LogP contribution in [0.5, 0.6) is 0 Å². The fourth-order valence-electron chi connectivity index (χ4n) is 6.40. The van der Waals surface area contributed by atoms with E-state index in [2.05, 4.69) is 27.7 Å². The van der Waals surface area contributed by atoms with Crippen molar-refractivity contribution in [2.24, 2.45) is 22.7 Å². The van der Waals surface area contributed by atoms with Crippen molar-refractivity contribution in [2.75, 3.05) is 6.61 Å². The third kappa shape index (κ3) is 3.34. The second-order valence-electron chi connectivity index (χ2n) is 9.77. The summed E-state index contributed by atoms with van der Waals surface area (Å²) < 4.78 is 11.4. The first-order valence-electron chi connectivity index (χ1n) is 10.1. The van der Waals surface area contributed by atoms with Gasteiger partial charge in [-0.15, -0.1) is 0 Å². The number of ether oxygens (including phenoxy) is 2. The molecular formula is C22H32O5. The van der Waals surface area contributed by atoms with Crippen LogP contribution >= 0.6 is 0 Å². The van der Waals surface area contributed by atoms with E-state index in [9.17, 15) is 14.4 Å². The van der Waals surface area contributed by atoms with Crippen LogP contribution < -0.4 is 0 Å². The summed E-state index contributed by atoms with van der Waals surface area (Å²) >= 11 is 0. The third-order valence-electron chi connectivity index (χ3n) is 7.65. The SMILES string of the molecule is CC(=O)OC/C(C(=O)C=O)=C1/C[C@H]2[C@]3(C)CCCC(C)(C)[C@H]3CC[C@]2(C)O1. The molecule has 0 radical (unpaired) electrons. The maximum absolute atomic E-state index is 12.2. The number of carbonyl (C=O) groups is 3. The first-order chi connectivity index (χ1) is 12.5. The van der Waals surface area contributed by atoms with Crippen molar-refractivity contribution < 1.29 is 23.9 Å². The standard InChI is InChI=1S/C22H32O5/c1-14(24)26-13-15(16(25)12-23)17-11-19-21(4)9-6-8-20(2,3)18(21)7-10-22(19,5)27-17/h12,18-19H,6-11,13H2,1-5H3/b17-15+/t18-,19+,21-,22+/m1/s1. The minimum absolute atomic E-state index is 0.146. The Morgan fingerprint density at radius 1 is 1.15 bits per heavy atom. The van der Waals surface area contributed by atoms with Crippen molar-refractivity contribution in [3.63, 3.8) is 0 Å². The molecule has 1 saturated heterocycles. The predicted molar refractivity (Wildman–Crippen MR) is 101 cm³/mol. The van der Waals surface area contributed by atoms with Gasteiger partial charge < -0.3 is 9.47 Å². The maximum Gasteiger partial charge on any atom is 0.302 e. The van der Waals surface area contributed by atoms with Gasteiger partial charge in [0.15, 0.2) is 6.29 Å². The molecule has 3 fully saturated rings. The van der Waals surface area contributed by atoms with E-state index >= 15 is 0 Å². The molecule has 5 heteroatoms. The smallest absolute Gasteiger partial charge is 0.302 e. The molecule has 0 aromatic heterocycles. The number of aldehydes is 1. The number of allylic oxidation sites excluding steroid dienone is 1. The lowest BCUT2D eigenvalue weighted by Gasteiger charge is -2.59. The van der Waals surface area contributed by atoms with Gasteiger partial charge in [-0.2, -0.15) is 0 Å². The quantitative estimate of drug-likeness (QED) is 0.321. The molecule has 150 valence electrons. The predicted octanol–water partition coefficient (Wildman–Crippen LogP) is 3.99. The number of Topliss-reactive ketones (excluding diaryl/α,β-unsaturated/α-hetero) is 1. The van der Waals surface area contributed by atoms with E-state index in [-0.39, 0.29) is 29.5 Å². The van der Waals surface area contributed by atoms with Gasteiger partial charge >= 0.3 is 5.97 Å². The number of hydrogen-bond donors (Lipinski definition) is 0. The van der Waals surface area contributed by atoms with Crippen LogP contribution in [-0.2, 0) is 23.9 Å². The van der Waals surface area contributed by atoms with E-state index in [0.717, 1.165) is 12.8 Å². The summed E-state index contributed by atoms with van der Waals surface area (Å²) in [6, 6.07) is 0. The first-order valence-corrected chi connectivity index (χ1v) is 10.1. The molecule has 0 unspecified atom stereocenters. The van der Waals surface area contributed by atoms with Crippen molar-refractivity contribution in [1.82, 2.24) is 0 Å². The van der Waals surface area contributed by atoms with Crippen LogP contribution in [0.25, 0.3) is 0 Å². The van der Waals surface area contributed by atoms with Gasteiger partial charge in [-0.25, -0.2) is 0 Å². The Kier molecular flexibility index (Phi) is 5.02. The van der Waals surface area contributed by atoms with Gasteiger partial charge in [0.05, 0.1) is 5.57 Å². The molecule has 3 aliphatic rings. The lowest BCUT2D eigenvalue weighted by atomic mass is 9.45. The highest BCUT2D eigenvalue weighted by Gasteiger charge is 2.62. The molecule has 27 heavy (non-hydrogen) atoms. The molecule has 1 heterocycles. The Morgan fingerprint density at radius 2 is 1.85 bits per heavy atom. The molecule has 0 N–H and O–H groups in total. The molecule has 2 saturated carbocycles. The summed E-state index contributed by atoms with van der Waals surface area (Å²) in [6.07, 6.45) is 6.61. The number of carbonyl (C=O) groups excluding carboxylic acids is 3. The van der Waals surface area contributed by atoms with Crippen LogP contribution in [0.3, 0.4) is 0 Å². The molecular weight excluding hydrogens is 344 g/mol. The van der Waals surface area contributed by atoms with E-state index in [4.69, 9.17) is 9.47 Å². The summed E-state index contributed by atoms with van der Waals surface area (Å²) in [4.78, 5) is 34.5. The van der Waals surface area contributed by atoms with Crippen molar-refractivity contribution in [3.05, 3.63) is 11.3 Å². The molecule has 4 atom stereocenters. The molecule has 0 aromatic rings. The van der Waals surface area contributed by atoms with Crippen molar-refractivity contribution in [2.45, 2.75) is 78.7 Å². The van der Waals surface area contributed by atoms with Crippen molar-refractivity contribution >= 4 is 18.0 Å². The molecule has 0 bridgehead atoms. The highest BCUT2D eigenvalue weighted by atomic mass is 16.5. The summed E-state index contributed by atoms with van der Waals surface area (Å²) in [7, 11) is 0. The molecule has 0 spiro atoms. The largest absolute Gasteiger partial charge is 0.491 e. The summed E-state index contributed by atoms with van der Waals surface area (Å²) in [6.45, 7) is 10.4. The summed E-state index contributed by atoms with van der Waals surface area (Å²) in [5, 5.41) is 0. The second-order valence-corrected chi connectivity index (χ2v) is 9.77. The molecule has 2 aliphatic carbocycles. The average molecular weight is 376 g/mol. The Labute approximate surface area is 161 Å². The maximum atomic E-state index is 12.2. The fraction of sp³-hybridized carbons (Fsp3) is 0.773. The van der Waals surface area contributed by atoms with E-state index in [1.807, 2.05) is 0 Å². The Hall–Kier alpha value is -1.65. The monoisotopic (exact) mass is 376 g/mol. The number of hydrogen-bond acceptors (Lipinski definition) is 5. The Bertz CT molecular complexity index is 691. The zero-order valence-electron chi connectivity index (χ0n) is 17.2. The van der Waals surface area contributed by atoms with Crippen LogP contribution in [0.4, 0.5) is 0 Å². The fourth-order valence-corrected chi connectivity index (χ4v) is 6.40. The number of rotatable bonds is 4. The van der Waals surface area contributed by atoms with Gasteiger partial charge in [0.25, 0.3) is 0 Å². The van der Waals surface area contributed by atoms with Gasteiger partial charge in [-0.05, 0) is 49.4 Å². The molecule has 1 aliphatic heterocycles. The lowest BCUT2D eigenvalue weighted by molar-refractivity contribution is -0.143. The third-order valence-corrected chi connectivity index (χ3v) is 7.65. The normalized spacial score (nSPS) is 38.9. The Balaban J connectivity index is 1.97. The molecule has 5 nitrogen and oxygen atoms in total. The van der Waals surface area contributed by atoms with Crippen LogP contribution in [-0.4, -0.2) is 30.2 Å². The highest BCUT2D eigenvalue weighted by Crippen LogP contribution is 2.66. The van der Waals surface area contributed by atoms with Gasteiger partial charge in [-0.3, -0.25) is 14.4 Å². The van der Waals surface area contributed by atoms with E-state index < -0.39 is 11.8 Å². The summed E-state index contributed by atoms with van der Waals surface area (Å²) in [5.41, 5.74) is 0.317. The lowest BCUT2D eigenvalue weighted by Crippen LogP contribution is -2.55. The summed E-state index contributed by atoms with van der Waals surface area (Å²) in [5.74, 6) is 0.336. The first kappa shape index (κ1) is 20.1. The van der Waals surface area contributed by atoms with Crippen LogP contribution in [0.2, 0.25) is 0 Å². The molecule has 0 aromatic carbocycles. The number of ketones is 1. The van der Waals surface area contributed by atoms with E-state index in [0.29, 0.717) is 29.4 Å². The average Bonchev–Trinajstić information content (AvgIpc) is 2.92. The topological polar surface area (TPSA) is 69.7 Å². The zero-order valence-corrected chi connectivity index (χ0v) is 17.2. The second kappa shape index (κ2) is 6.75. The number of esters is 1. The van der Waals surface area contributed by atoms with E-state index in [1.165, 1.54) is 26.2 Å². The van der Waals surface area contributed by atoms with Crippen LogP contribution in [0, 0.1) is 22.7 Å². The van der Waals surface area contributed by atoms with Gasteiger partial charge in [-0.1, -0.05) is 27.2 Å². The van der Waals surface area contributed by atoms with E-state index in [1.54, 1.807) is 0 Å². The highest BCUT2D eigenvalue weighted by molar-refractivity contribution is 6.33. The Morgan fingerprint density at radius 3 is 2.48 bits per heavy atom.